The van der Waals surface area contributed by atoms with Crippen molar-refractivity contribution in [2.24, 2.45) is 10.9 Å². The van der Waals surface area contributed by atoms with Crippen molar-refractivity contribution in [1.29, 1.82) is 0 Å². The van der Waals surface area contributed by atoms with E-state index in [1.165, 1.54) is 6.21 Å². The maximum Gasteiger partial charge on any atom is 0.303 e. The second-order valence-corrected chi connectivity index (χ2v) is 5.23. The molecule has 0 aliphatic heterocycles. The number of aliphatic carboxylic acids is 1. The van der Waals surface area contributed by atoms with Crippen molar-refractivity contribution >= 4 is 23.8 Å². The molecule has 0 radical (unpaired) electrons. The van der Waals surface area contributed by atoms with Crippen LogP contribution in [0, 0.1) is 0 Å². The van der Waals surface area contributed by atoms with Gasteiger partial charge >= 0.3 is 5.97 Å². The highest BCUT2D eigenvalue weighted by Gasteiger charge is 2.17. The first-order chi connectivity index (χ1) is 11.6. The number of carboxylic acid groups (broad SMARTS) is 1. The number of hydrazone groups is 1. The van der Waals surface area contributed by atoms with E-state index in [2.05, 4.69) is 5.10 Å². The molecule has 2 aromatic carbocycles. The second-order valence-electron chi connectivity index (χ2n) is 5.23. The van der Waals surface area contributed by atoms with E-state index in [1.54, 1.807) is 29.2 Å². The number of hydrogen-bond donors (Lipinski definition) is 2. The summed E-state index contributed by atoms with van der Waals surface area (Å²) in [4.78, 5) is 24.8. The van der Waals surface area contributed by atoms with E-state index in [0.717, 1.165) is 11.1 Å². The Balaban J connectivity index is 2.23. The van der Waals surface area contributed by atoms with Crippen LogP contribution in [0.4, 0.5) is 5.69 Å². The summed E-state index contributed by atoms with van der Waals surface area (Å²) in [5.74, 6) is 3.90. The fourth-order valence-electron chi connectivity index (χ4n) is 2.26. The predicted molar refractivity (Wildman–Crippen MR) is 92.7 cm³/mol. The average Bonchev–Trinajstić information content (AvgIpc) is 2.59. The van der Waals surface area contributed by atoms with E-state index in [-0.39, 0.29) is 18.7 Å². The summed E-state index contributed by atoms with van der Waals surface area (Å²) in [5.41, 5.74) is 2.48. The lowest BCUT2D eigenvalue weighted by atomic mass is 10.1. The topological polar surface area (TPSA) is 96.0 Å². The van der Waals surface area contributed by atoms with Crippen LogP contribution in [0.1, 0.15) is 24.0 Å². The molecule has 2 rings (SSSR count). The monoisotopic (exact) mass is 325 g/mol. The molecule has 0 saturated carbocycles. The first kappa shape index (κ1) is 17.2. The molecule has 0 bridgehead atoms. The van der Waals surface area contributed by atoms with Crippen LogP contribution in [0.2, 0.25) is 0 Å². The van der Waals surface area contributed by atoms with E-state index in [4.69, 9.17) is 10.9 Å². The Bertz CT molecular complexity index is 712. The van der Waals surface area contributed by atoms with Gasteiger partial charge in [-0.1, -0.05) is 42.5 Å². The average molecular weight is 325 g/mol. The third-order valence-electron chi connectivity index (χ3n) is 3.47. The molecule has 0 aliphatic carbocycles. The summed E-state index contributed by atoms with van der Waals surface area (Å²) in [7, 11) is 0. The van der Waals surface area contributed by atoms with Crippen LogP contribution in [0.3, 0.4) is 0 Å². The van der Waals surface area contributed by atoms with Crippen LogP contribution in [-0.2, 0) is 16.1 Å². The number of nitrogens with zero attached hydrogens (tertiary/aromatic N) is 2. The van der Waals surface area contributed by atoms with Gasteiger partial charge in [-0.05, 0) is 23.3 Å². The molecule has 2 aromatic rings. The zero-order valence-electron chi connectivity index (χ0n) is 13.1. The summed E-state index contributed by atoms with van der Waals surface area (Å²) in [6.07, 6.45) is 1.27. The molecule has 0 aliphatic rings. The highest BCUT2D eigenvalue weighted by molar-refractivity contribution is 5.95. The number of anilines is 1. The molecule has 0 atom stereocenters. The number of nitrogens with two attached hydrogens (primary N) is 1. The zero-order valence-corrected chi connectivity index (χ0v) is 13.1. The number of carbonyl (C=O) groups excluding carboxylic acids is 1. The predicted octanol–water partition coefficient (Wildman–Crippen LogP) is 2.38. The Morgan fingerprint density at radius 2 is 1.71 bits per heavy atom. The second kappa shape index (κ2) is 8.47. The minimum absolute atomic E-state index is 0.0474. The maximum absolute atomic E-state index is 12.5. The van der Waals surface area contributed by atoms with Crippen molar-refractivity contribution in [1.82, 2.24) is 0 Å². The Morgan fingerprint density at radius 1 is 1.04 bits per heavy atom. The number of amides is 1. The van der Waals surface area contributed by atoms with Crippen molar-refractivity contribution in [3.05, 3.63) is 65.7 Å². The quantitative estimate of drug-likeness (QED) is 0.464. The fourth-order valence-corrected chi connectivity index (χ4v) is 2.26. The lowest BCUT2D eigenvalue weighted by Crippen LogP contribution is -2.30. The van der Waals surface area contributed by atoms with Crippen LogP contribution in [0.5, 0.6) is 0 Å². The fraction of sp³-hybridized carbons (Fsp3) is 0.167. The van der Waals surface area contributed by atoms with Crippen molar-refractivity contribution < 1.29 is 14.7 Å². The van der Waals surface area contributed by atoms with Gasteiger partial charge in [-0.25, -0.2) is 0 Å². The SMILES string of the molecule is NN=Cc1ccc(N(Cc2ccccc2)C(=O)CCC(=O)O)cc1. The molecule has 24 heavy (non-hydrogen) atoms. The van der Waals surface area contributed by atoms with E-state index in [9.17, 15) is 9.59 Å². The third kappa shape index (κ3) is 4.95. The van der Waals surface area contributed by atoms with Crippen LogP contribution < -0.4 is 10.7 Å². The Labute approximate surface area is 140 Å². The number of carboxylic acids is 1. The van der Waals surface area contributed by atoms with Crippen molar-refractivity contribution in [2.75, 3.05) is 4.90 Å². The van der Waals surface area contributed by atoms with Gasteiger partial charge in [0.1, 0.15) is 0 Å². The van der Waals surface area contributed by atoms with E-state index < -0.39 is 5.97 Å². The first-order valence-corrected chi connectivity index (χ1v) is 7.49. The van der Waals surface area contributed by atoms with Crippen LogP contribution in [0.25, 0.3) is 0 Å². The Morgan fingerprint density at radius 3 is 2.29 bits per heavy atom. The molecule has 124 valence electrons. The maximum atomic E-state index is 12.5. The van der Waals surface area contributed by atoms with Crippen molar-refractivity contribution in [3.8, 4) is 0 Å². The molecule has 0 spiro atoms. The van der Waals surface area contributed by atoms with Gasteiger partial charge in [-0.15, -0.1) is 0 Å². The molecular weight excluding hydrogens is 306 g/mol. The van der Waals surface area contributed by atoms with Gasteiger partial charge in [0, 0.05) is 12.1 Å². The molecule has 0 heterocycles. The minimum atomic E-state index is -0.988. The van der Waals surface area contributed by atoms with Gasteiger partial charge in [0.25, 0.3) is 0 Å². The number of hydrogen-bond acceptors (Lipinski definition) is 4. The molecule has 3 N–H and O–H groups in total. The summed E-state index contributed by atoms with van der Waals surface area (Å²) >= 11 is 0. The number of rotatable bonds is 7. The molecule has 0 aromatic heterocycles. The van der Waals surface area contributed by atoms with E-state index in [0.29, 0.717) is 12.2 Å². The van der Waals surface area contributed by atoms with Gasteiger partial charge in [0.2, 0.25) is 5.91 Å². The van der Waals surface area contributed by atoms with Crippen LogP contribution in [0.15, 0.2) is 59.7 Å². The lowest BCUT2D eigenvalue weighted by molar-refractivity contribution is -0.138. The van der Waals surface area contributed by atoms with Gasteiger partial charge in [-0.2, -0.15) is 5.10 Å². The van der Waals surface area contributed by atoms with Crippen LogP contribution in [-0.4, -0.2) is 23.2 Å². The third-order valence-corrected chi connectivity index (χ3v) is 3.47. The molecule has 6 nitrogen and oxygen atoms in total. The van der Waals surface area contributed by atoms with Gasteiger partial charge in [0.05, 0.1) is 19.2 Å². The smallest absolute Gasteiger partial charge is 0.303 e. The molecule has 6 heteroatoms. The Kier molecular flexibility index (Phi) is 6.08. The number of carbonyl (C=O) groups is 2. The largest absolute Gasteiger partial charge is 0.481 e. The van der Waals surface area contributed by atoms with Gasteiger partial charge in [0.15, 0.2) is 0 Å². The minimum Gasteiger partial charge on any atom is -0.481 e. The summed E-state index contributed by atoms with van der Waals surface area (Å²) in [6, 6.07) is 16.7. The molecule has 0 unspecified atom stereocenters. The van der Waals surface area contributed by atoms with Gasteiger partial charge < -0.3 is 15.8 Å². The summed E-state index contributed by atoms with van der Waals surface area (Å²) < 4.78 is 0. The lowest BCUT2D eigenvalue weighted by Gasteiger charge is -2.23. The molecule has 0 fully saturated rings. The van der Waals surface area contributed by atoms with E-state index >= 15 is 0 Å². The van der Waals surface area contributed by atoms with Crippen LogP contribution >= 0.6 is 0 Å². The van der Waals surface area contributed by atoms with Crippen molar-refractivity contribution in [2.45, 2.75) is 19.4 Å². The first-order valence-electron chi connectivity index (χ1n) is 7.49. The van der Waals surface area contributed by atoms with E-state index in [1.807, 2.05) is 30.3 Å². The van der Waals surface area contributed by atoms with Crippen molar-refractivity contribution in [3.63, 3.8) is 0 Å². The summed E-state index contributed by atoms with van der Waals surface area (Å²) in [6.45, 7) is 0.379. The molecular formula is C18H19N3O3. The highest BCUT2D eigenvalue weighted by Crippen LogP contribution is 2.19. The molecule has 1 amide bonds. The normalized spacial score (nSPS) is 10.7. The molecule has 0 saturated heterocycles. The standard InChI is InChI=1S/C18H19N3O3/c19-20-12-14-6-8-16(9-7-14)21(17(22)10-11-18(23)24)13-15-4-2-1-3-5-15/h1-9,12H,10-11,13,19H2,(H,23,24). The zero-order chi connectivity index (χ0) is 17.4. The highest BCUT2D eigenvalue weighted by atomic mass is 16.4. The Hall–Kier alpha value is -3.15. The summed E-state index contributed by atoms with van der Waals surface area (Å²) in [5, 5.41) is 12.3. The van der Waals surface area contributed by atoms with Gasteiger partial charge in [-0.3, -0.25) is 9.59 Å². The number of benzene rings is 2.